The van der Waals surface area contributed by atoms with E-state index in [4.69, 9.17) is 11.6 Å². The predicted molar refractivity (Wildman–Crippen MR) is 71.8 cm³/mol. The number of hydrogen-bond acceptors (Lipinski definition) is 2. The summed E-state index contributed by atoms with van der Waals surface area (Å²) in [7, 11) is 1.96. The SMILES string of the molecule is Cc1nn(C)c(CNC(C)C(C)CCl)c1Br. The van der Waals surface area contributed by atoms with Gasteiger partial charge in [-0.3, -0.25) is 4.68 Å². The predicted octanol–water partition coefficient (Wildman–Crippen LogP) is 2.84. The van der Waals surface area contributed by atoms with Crippen LogP contribution in [0.15, 0.2) is 4.47 Å². The van der Waals surface area contributed by atoms with E-state index in [1.807, 2.05) is 18.7 Å². The highest BCUT2D eigenvalue weighted by Gasteiger charge is 2.14. The Kier molecular flexibility index (Phi) is 5.28. The average molecular weight is 309 g/mol. The second kappa shape index (κ2) is 6.03. The van der Waals surface area contributed by atoms with E-state index in [0.29, 0.717) is 17.8 Å². The van der Waals surface area contributed by atoms with Gasteiger partial charge in [-0.05, 0) is 35.7 Å². The van der Waals surface area contributed by atoms with E-state index in [1.165, 1.54) is 5.69 Å². The minimum atomic E-state index is 0.402. The van der Waals surface area contributed by atoms with E-state index in [1.54, 1.807) is 0 Å². The quantitative estimate of drug-likeness (QED) is 0.848. The van der Waals surface area contributed by atoms with Gasteiger partial charge in [0.05, 0.1) is 15.9 Å². The highest BCUT2D eigenvalue weighted by Crippen LogP contribution is 2.20. The molecule has 1 aromatic rings. The molecule has 0 amide bonds. The molecule has 0 aromatic carbocycles. The molecule has 0 saturated heterocycles. The van der Waals surface area contributed by atoms with Crippen LogP contribution in [0.4, 0.5) is 0 Å². The van der Waals surface area contributed by atoms with Crippen molar-refractivity contribution < 1.29 is 0 Å². The van der Waals surface area contributed by atoms with Gasteiger partial charge in [0.15, 0.2) is 0 Å². The minimum absolute atomic E-state index is 0.402. The summed E-state index contributed by atoms with van der Waals surface area (Å²) in [5.74, 6) is 1.15. The van der Waals surface area contributed by atoms with Crippen molar-refractivity contribution in [1.82, 2.24) is 15.1 Å². The van der Waals surface area contributed by atoms with Gasteiger partial charge in [0, 0.05) is 25.5 Å². The summed E-state index contributed by atoms with van der Waals surface area (Å²) in [6.07, 6.45) is 0. The second-order valence-electron chi connectivity index (χ2n) is 4.27. The average Bonchev–Trinajstić information content (AvgIpc) is 2.49. The van der Waals surface area contributed by atoms with Crippen LogP contribution in [0.25, 0.3) is 0 Å². The number of rotatable bonds is 5. The summed E-state index contributed by atoms with van der Waals surface area (Å²) in [5.41, 5.74) is 2.20. The van der Waals surface area contributed by atoms with Gasteiger partial charge in [-0.15, -0.1) is 11.6 Å². The normalized spacial score (nSPS) is 15.1. The zero-order chi connectivity index (χ0) is 12.3. The molecule has 0 spiro atoms. The first-order chi connectivity index (χ1) is 7.47. The third kappa shape index (κ3) is 3.22. The molecule has 1 N–H and O–H groups in total. The number of halogens is 2. The number of nitrogens with zero attached hydrogens (tertiary/aromatic N) is 2. The third-order valence-electron chi connectivity index (χ3n) is 2.95. The Balaban J connectivity index is 2.61. The first kappa shape index (κ1) is 14.0. The molecule has 1 heterocycles. The molecule has 0 bridgehead atoms. The van der Waals surface area contributed by atoms with Crippen LogP contribution in [0.2, 0.25) is 0 Å². The first-order valence-electron chi connectivity index (χ1n) is 5.44. The molecule has 0 aliphatic rings. The van der Waals surface area contributed by atoms with E-state index in [-0.39, 0.29) is 0 Å². The van der Waals surface area contributed by atoms with E-state index in [0.717, 1.165) is 16.7 Å². The largest absolute Gasteiger partial charge is 0.308 e. The Morgan fingerprint density at radius 3 is 2.56 bits per heavy atom. The van der Waals surface area contributed by atoms with Crippen molar-refractivity contribution in [3.63, 3.8) is 0 Å². The molecule has 3 nitrogen and oxygen atoms in total. The van der Waals surface area contributed by atoms with Gasteiger partial charge in [-0.25, -0.2) is 0 Å². The van der Waals surface area contributed by atoms with Crippen LogP contribution in [0.1, 0.15) is 25.2 Å². The van der Waals surface area contributed by atoms with Gasteiger partial charge < -0.3 is 5.32 Å². The van der Waals surface area contributed by atoms with Crippen LogP contribution < -0.4 is 5.32 Å². The summed E-state index contributed by atoms with van der Waals surface area (Å²) in [6, 6.07) is 0.402. The fourth-order valence-corrected chi connectivity index (χ4v) is 2.21. The molecule has 1 rings (SSSR count). The maximum absolute atomic E-state index is 5.83. The Morgan fingerprint density at radius 2 is 2.12 bits per heavy atom. The molecule has 0 radical (unpaired) electrons. The van der Waals surface area contributed by atoms with Crippen LogP contribution in [-0.2, 0) is 13.6 Å². The summed E-state index contributed by atoms with van der Waals surface area (Å²) >= 11 is 9.38. The number of aryl methyl sites for hydroxylation is 2. The van der Waals surface area contributed by atoms with Crippen molar-refractivity contribution >= 4 is 27.5 Å². The van der Waals surface area contributed by atoms with Gasteiger partial charge in [-0.1, -0.05) is 6.92 Å². The van der Waals surface area contributed by atoms with E-state index in [9.17, 15) is 0 Å². The number of hydrogen-bond donors (Lipinski definition) is 1. The lowest BCUT2D eigenvalue weighted by Crippen LogP contribution is -2.33. The molecule has 0 aliphatic heterocycles. The standard InChI is InChI=1S/C11H19BrClN3/c1-7(5-13)8(2)14-6-10-11(12)9(3)15-16(10)4/h7-8,14H,5-6H2,1-4H3. The molecule has 5 heteroatoms. The third-order valence-corrected chi connectivity index (χ3v) is 4.47. The Bertz CT molecular complexity index is 351. The first-order valence-corrected chi connectivity index (χ1v) is 6.77. The van der Waals surface area contributed by atoms with E-state index >= 15 is 0 Å². The molecular formula is C11H19BrClN3. The smallest absolute Gasteiger partial charge is 0.0739 e. The molecule has 2 unspecified atom stereocenters. The van der Waals surface area contributed by atoms with Crippen molar-refractivity contribution in [3.05, 3.63) is 15.9 Å². The van der Waals surface area contributed by atoms with Crippen molar-refractivity contribution in [1.29, 1.82) is 0 Å². The monoisotopic (exact) mass is 307 g/mol. The Hall–Kier alpha value is -0.0600. The molecule has 92 valence electrons. The topological polar surface area (TPSA) is 29.9 Å². The molecule has 1 aromatic heterocycles. The molecule has 2 atom stereocenters. The lowest BCUT2D eigenvalue weighted by Gasteiger charge is -2.19. The summed E-state index contributed by atoms with van der Waals surface area (Å²) in [4.78, 5) is 0. The number of alkyl halides is 1. The number of nitrogens with one attached hydrogen (secondary N) is 1. The number of aromatic nitrogens is 2. The zero-order valence-electron chi connectivity index (χ0n) is 10.2. The highest BCUT2D eigenvalue weighted by molar-refractivity contribution is 9.10. The molecule has 0 fully saturated rings. The summed E-state index contributed by atoms with van der Waals surface area (Å²) in [5, 5.41) is 7.83. The van der Waals surface area contributed by atoms with Crippen molar-refractivity contribution in [2.24, 2.45) is 13.0 Å². The van der Waals surface area contributed by atoms with E-state index in [2.05, 4.69) is 40.2 Å². The maximum Gasteiger partial charge on any atom is 0.0739 e. The molecule has 0 saturated carbocycles. The van der Waals surface area contributed by atoms with Crippen LogP contribution in [0.3, 0.4) is 0 Å². The summed E-state index contributed by atoms with van der Waals surface area (Å²) < 4.78 is 3.00. The van der Waals surface area contributed by atoms with Gasteiger partial charge in [0.2, 0.25) is 0 Å². The van der Waals surface area contributed by atoms with Crippen LogP contribution in [-0.4, -0.2) is 21.7 Å². The highest BCUT2D eigenvalue weighted by atomic mass is 79.9. The van der Waals surface area contributed by atoms with E-state index < -0.39 is 0 Å². The van der Waals surface area contributed by atoms with Crippen LogP contribution in [0.5, 0.6) is 0 Å². The van der Waals surface area contributed by atoms with Crippen LogP contribution in [0, 0.1) is 12.8 Å². The summed E-state index contributed by atoms with van der Waals surface area (Å²) in [6.45, 7) is 7.11. The van der Waals surface area contributed by atoms with Crippen molar-refractivity contribution in [3.8, 4) is 0 Å². The molecular weight excluding hydrogens is 289 g/mol. The van der Waals surface area contributed by atoms with Gasteiger partial charge in [0.1, 0.15) is 0 Å². The molecule has 0 aliphatic carbocycles. The second-order valence-corrected chi connectivity index (χ2v) is 5.37. The lowest BCUT2D eigenvalue weighted by atomic mass is 10.1. The zero-order valence-corrected chi connectivity index (χ0v) is 12.6. The van der Waals surface area contributed by atoms with Gasteiger partial charge in [-0.2, -0.15) is 5.10 Å². The van der Waals surface area contributed by atoms with Crippen molar-refractivity contribution in [2.75, 3.05) is 5.88 Å². The maximum atomic E-state index is 5.83. The van der Waals surface area contributed by atoms with Crippen LogP contribution >= 0.6 is 27.5 Å². The Labute approximate surface area is 111 Å². The fraction of sp³-hybridized carbons (Fsp3) is 0.727. The molecule has 16 heavy (non-hydrogen) atoms. The fourth-order valence-electron chi connectivity index (χ4n) is 1.46. The van der Waals surface area contributed by atoms with Gasteiger partial charge in [0.25, 0.3) is 0 Å². The minimum Gasteiger partial charge on any atom is -0.308 e. The van der Waals surface area contributed by atoms with Crippen molar-refractivity contribution in [2.45, 2.75) is 33.4 Å². The van der Waals surface area contributed by atoms with Gasteiger partial charge >= 0.3 is 0 Å². The Morgan fingerprint density at radius 1 is 1.50 bits per heavy atom. The lowest BCUT2D eigenvalue weighted by molar-refractivity contribution is 0.422.